The van der Waals surface area contributed by atoms with Gasteiger partial charge in [0, 0.05) is 11.1 Å². The van der Waals surface area contributed by atoms with Crippen molar-refractivity contribution in [3.8, 4) is 0 Å². The third kappa shape index (κ3) is 1.82. The monoisotopic (exact) mass is 367 g/mol. The second kappa shape index (κ2) is 5.73. The van der Waals surface area contributed by atoms with Crippen LogP contribution in [-0.4, -0.2) is 22.1 Å². The van der Waals surface area contributed by atoms with Gasteiger partial charge in [0.1, 0.15) is 6.04 Å². The van der Waals surface area contributed by atoms with Crippen LogP contribution in [0.15, 0.2) is 84.9 Å². The van der Waals surface area contributed by atoms with E-state index in [1.54, 1.807) is 4.58 Å². The van der Waals surface area contributed by atoms with Crippen molar-refractivity contribution in [1.29, 1.82) is 0 Å². The number of hydrogen-bond donors (Lipinski definition) is 0. The maximum atomic E-state index is 14.4. The molecule has 3 aromatic carbocycles. The second-order valence-corrected chi connectivity index (χ2v) is 7.81. The van der Waals surface area contributed by atoms with Gasteiger partial charge >= 0.3 is 0 Å². The Labute approximate surface area is 164 Å². The number of benzene rings is 3. The van der Waals surface area contributed by atoms with Crippen LogP contribution in [-0.2, 0) is 15.9 Å². The highest BCUT2D eigenvalue weighted by Gasteiger charge is 2.72. The van der Waals surface area contributed by atoms with Crippen LogP contribution in [0, 0.1) is 0 Å². The van der Waals surface area contributed by atoms with E-state index < -0.39 is 11.1 Å². The predicted molar refractivity (Wildman–Crippen MR) is 106 cm³/mol. The third-order valence-corrected chi connectivity index (χ3v) is 6.05. The lowest BCUT2D eigenvalue weighted by molar-refractivity contribution is -0.783. The molecule has 2 bridgehead atoms. The Kier molecular flexibility index (Phi) is 3.49. The highest BCUT2D eigenvalue weighted by Crippen LogP contribution is 2.55. The molecule has 0 unspecified atom stereocenters. The first-order valence-electron chi connectivity index (χ1n) is 9.67. The van der Waals surface area contributed by atoms with E-state index in [-0.39, 0.29) is 11.8 Å². The van der Waals surface area contributed by atoms with Crippen molar-refractivity contribution < 1.29 is 14.5 Å². The van der Waals surface area contributed by atoms with Crippen molar-refractivity contribution in [2.75, 3.05) is 0 Å². The Bertz CT molecular complexity index is 1120. The molecule has 0 fully saturated rings. The van der Waals surface area contributed by atoms with Crippen molar-refractivity contribution in [1.82, 2.24) is 0 Å². The molecule has 2 atom stereocenters. The van der Waals surface area contributed by atoms with E-state index in [0.717, 1.165) is 22.4 Å². The summed E-state index contributed by atoms with van der Waals surface area (Å²) in [5, 5.41) is 14.4. The second-order valence-electron chi connectivity index (χ2n) is 7.81. The molecule has 1 aliphatic heterocycles. The van der Waals surface area contributed by atoms with E-state index in [9.17, 15) is 9.90 Å². The SMILES string of the molecule is CC(C)[N+]1=C(c2ccccc2)[C@]2(c3ccccc3)C(=O)[C@@]1([O-])c1ccccc12. The number of nitrogens with zero attached hydrogens (tertiary/aromatic N) is 1. The number of rotatable bonds is 3. The zero-order chi connectivity index (χ0) is 19.5. The minimum absolute atomic E-state index is 0.115. The van der Waals surface area contributed by atoms with Gasteiger partial charge in [-0.3, -0.25) is 4.79 Å². The quantitative estimate of drug-likeness (QED) is 0.668. The lowest BCUT2D eigenvalue weighted by Crippen LogP contribution is -2.55. The first kappa shape index (κ1) is 17.1. The molecule has 3 heteroatoms. The molecule has 1 aliphatic carbocycles. The van der Waals surface area contributed by atoms with Crippen LogP contribution in [0.25, 0.3) is 0 Å². The van der Waals surface area contributed by atoms with Gasteiger partial charge < -0.3 is 5.11 Å². The Morgan fingerprint density at radius 2 is 1.32 bits per heavy atom. The summed E-state index contributed by atoms with van der Waals surface area (Å²) in [6, 6.07) is 27.0. The van der Waals surface area contributed by atoms with Gasteiger partial charge in [-0.05, 0) is 37.1 Å². The summed E-state index contributed by atoms with van der Waals surface area (Å²) in [5.74, 6) is -0.292. The molecular weight excluding hydrogens is 346 g/mol. The summed E-state index contributed by atoms with van der Waals surface area (Å²) in [4.78, 5) is 14.0. The fourth-order valence-electron chi connectivity index (χ4n) is 5.10. The van der Waals surface area contributed by atoms with Crippen LogP contribution in [0.1, 0.15) is 36.1 Å². The average molecular weight is 367 g/mol. The van der Waals surface area contributed by atoms with Crippen LogP contribution in [0.3, 0.4) is 0 Å². The smallest absolute Gasteiger partial charge is 0.217 e. The molecular formula is C25H21NO2. The van der Waals surface area contributed by atoms with Crippen LogP contribution >= 0.6 is 0 Å². The molecule has 2 aliphatic rings. The van der Waals surface area contributed by atoms with Gasteiger partial charge in [0.15, 0.2) is 11.1 Å². The lowest BCUT2D eigenvalue weighted by atomic mass is 9.69. The van der Waals surface area contributed by atoms with E-state index in [1.807, 2.05) is 98.8 Å². The van der Waals surface area contributed by atoms with Gasteiger partial charge in [-0.1, -0.05) is 72.8 Å². The Hall–Kier alpha value is -3.04. The van der Waals surface area contributed by atoms with Crippen LogP contribution < -0.4 is 5.11 Å². The first-order valence-corrected chi connectivity index (χ1v) is 9.67. The highest BCUT2D eigenvalue weighted by molar-refractivity contribution is 6.29. The highest BCUT2D eigenvalue weighted by atomic mass is 16.3. The zero-order valence-corrected chi connectivity index (χ0v) is 15.9. The average Bonchev–Trinajstić information content (AvgIpc) is 3.07. The minimum Gasteiger partial charge on any atom is -0.785 e. The van der Waals surface area contributed by atoms with Crippen LogP contribution in [0.4, 0.5) is 0 Å². The molecule has 0 N–H and O–H groups in total. The largest absolute Gasteiger partial charge is 0.785 e. The van der Waals surface area contributed by atoms with E-state index in [2.05, 4.69) is 0 Å². The Morgan fingerprint density at radius 3 is 1.93 bits per heavy atom. The lowest BCUT2D eigenvalue weighted by Gasteiger charge is -2.34. The minimum atomic E-state index is -1.91. The van der Waals surface area contributed by atoms with E-state index >= 15 is 0 Å². The molecule has 0 saturated heterocycles. The van der Waals surface area contributed by atoms with Crippen molar-refractivity contribution >= 4 is 11.5 Å². The topological polar surface area (TPSA) is 43.1 Å². The fraction of sp³-hybridized carbons (Fsp3) is 0.200. The summed E-state index contributed by atoms with van der Waals surface area (Å²) >= 11 is 0. The van der Waals surface area contributed by atoms with E-state index in [1.165, 1.54) is 0 Å². The summed E-state index contributed by atoms with van der Waals surface area (Å²) < 4.78 is 1.81. The number of carbonyl (C=O) groups is 1. The van der Waals surface area contributed by atoms with Gasteiger partial charge in [-0.2, -0.15) is 0 Å². The number of fused-ring (bicyclic) bond motifs is 5. The summed E-state index contributed by atoms with van der Waals surface area (Å²) in [7, 11) is 0. The van der Waals surface area contributed by atoms with Crippen LogP contribution in [0.5, 0.6) is 0 Å². The van der Waals surface area contributed by atoms with Crippen molar-refractivity contribution in [2.45, 2.75) is 31.0 Å². The molecule has 0 radical (unpaired) electrons. The summed E-state index contributed by atoms with van der Waals surface area (Å²) in [6.07, 6.45) is 0. The Morgan fingerprint density at radius 1 is 0.786 bits per heavy atom. The molecule has 0 spiro atoms. The predicted octanol–water partition coefficient (Wildman–Crippen LogP) is 2.99. The molecule has 28 heavy (non-hydrogen) atoms. The molecule has 5 rings (SSSR count). The van der Waals surface area contributed by atoms with Gasteiger partial charge in [0.25, 0.3) is 0 Å². The molecule has 3 nitrogen and oxygen atoms in total. The number of carbonyl (C=O) groups excluding carboxylic acids is 1. The van der Waals surface area contributed by atoms with E-state index in [4.69, 9.17) is 0 Å². The number of ketones is 1. The zero-order valence-electron chi connectivity index (χ0n) is 15.9. The van der Waals surface area contributed by atoms with E-state index in [0.29, 0.717) is 5.56 Å². The van der Waals surface area contributed by atoms with Crippen molar-refractivity contribution in [2.24, 2.45) is 0 Å². The van der Waals surface area contributed by atoms with Gasteiger partial charge in [0.05, 0.1) is 0 Å². The molecule has 138 valence electrons. The standard InChI is InChI=1S/C25H21NO2/c1-17(2)26-22(18-11-5-3-6-12-18)24(19-13-7-4-8-14-19)20-15-9-10-16-21(20)25(26,28)23(24)27/h3-17H,1-2H3/t24-,25+/m1/s1. The maximum Gasteiger partial charge on any atom is 0.217 e. The van der Waals surface area contributed by atoms with Gasteiger partial charge in [0.2, 0.25) is 11.5 Å². The van der Waals surface area contributed by atoms with Gasteiger partial charge in [-0.25, -0.2) is 4.58 Å². The number of hydrogen-bond acceptors (Lipinski definition) is 2. The van der Waals surface area contributed by atoms with Crippen LogP contribution in [0.2, 0.25) is 0 Å². The maximum absolute atomic E-state index is 14.4. The summed E-state index contributed by atoms with van der Waals surface area (Å²) in [5.41, 5.74) is 0.979. The normalized spacial score (nSPS) is 25.5. The first-order chi connectivity index (χ1) is 13.5. The van der Waals surface area contributed by atoms with Crippen molar-refractivity contribution in [3.63, 3.8) is 0 Å². The molecule has 0 saturated carbocycles. The molecule has 3 aromatic rings. The number of Topliss-reactive ketones (excluding diaryl/α,β-unsaturated/α-hetero) is 1. The molecule has 1 heterocycles. The summed E-state index contributed by atoms with van der Waals surface area (Å²) in [6.45, 7) is 3.97. The molecule has 0 aromatic heterocycles. The fourth-order valence-corrected chi connectivity index (χ4v) is 5.10. The van der Waals surface area contributed by atoms with Gasteiger partial charge in [-0.15, -0.1) is 0 Å². The van der Waals surface area contributed by atoms with Crippen molar-refractivity contribution in [3.05, 3.63) is 107 Å². The third-order valence-electron chi connectivity index (χ3n) is 6.05. The molecule has 0 amide bonds. The Balaban J connectivity index is 1.99.